The van der Waals surface area contributed by atoms with Crippen LogP contribution >= 0.6 is 0 Å². The number of anilines is 3. The van der Waals surface area contributed by atoms with E-state index in [-0.39, 0.29) is 11.8 Å². The van der Waals surface area contributed by atoms with Gasteiger partial charge in [-0.1, -0.05) is 30.3 Å². The van der Waals surface area contributed by atoms with Gasteiger partial charge in [-0.2, -0.15) is 0 Å². The zero-order chi connectivity index (χ0) is 24.2. The standard InChI is InChI=1S/C28H29N3O3/c1-5-30(6-2)22-14-16-23(17-15-22)31-27(32)25(20-12-18-24(34-4)19-13-20)26(28(31)33)29(3)21-10-8-7-9-11-21/h7-19H,5-6H2,1-4H3. The molecule has 0 bridgehead atoms. The fourth-order valence-electron chi connectivity index (χ4n) is 4.26. The number of methoxy groups -OCH3 is 1. The van der Waals surface area contributed by atoms with Gasteiger partial charge in [0.05, 0.1) is 18.4 Å². The summed E-state index contributed by atoms with van der Waals surface area (Å²) in [6.45, 7) is 5.96. The second kappa shape index (κ2) is 9.83. The average Bonchev–Trinajstić information content (AvgIpc) is 3.15. The Balaban J connectivity index is 1.78. The van der Waals surface area contributed by atoms with Gasteiger partial charge in [-0.05, 0) is 67.9 Å². The van der Waals surface area contributed by atoms with E-state index in [0.29, 0.717) is 28.3 Å². The molecule has 3 aromatic rings. The Morgan fingerprint density at radius 1 is 0.765 bits per heavy atom. The van der Waals surface area contributed by atoms with E-state index in [2.05, 4.69) is 18.7 Å². The van der Waals surface area contributed by atoms with Gasteiger partial charge in [0.2, 0.25) is 0 Å². The van der Waals surface area contributed by atoms with Gasteiger partial charge in [-0.3, -0.25) is 9.59 Å². The highest BCUT2D eigenvalue weighted by atomic mass is 16.5. The summed E-state index contributed by atoms with van der Waals surface area (Å²) in [7, 11) is 3.41. The van der Waals surface area contributed by atoms with E-state index in [0.717, 1.165) is 24.5 Å². The number of carbonyl (C=O) groups is 2. The van der Waals surface area contributed by atoms with Crippen LogP contribution in [0.25, 0.3) is 5.57 Å². The Labute approximate surface area is 200 Å². The lowest BCUT2D eigenvalue weighted by atomic mass is 10.0. The number of para-hydroxylation sites is 1. The summed E-state index contributed by atoms with van der Waals surface area (Å²) in [6.07, 6.45) is 0. The van der Waals surface area contributed by atoms with Crippen LogP contribution in [0.3, 0.4) is 0 Å². The Bertz CT molecular complexity index is 1200. The van der Waals surface area contributed by atoms with Crippen LogP contribution in [-0.2, 0) is 9.59 Å². The first-order valence-electron chi connectivity index (χ1n) is 11.4. The molecule has 0 fully saturated rings. The SMILES string of the molecule is CCN(CC)c1ccc(N2C(=O)C(c3ccc(OC)cc3)=C(N(C)c3ccccc3)C2=O)cc1. The smallest absolute Gasteiger partial charge is 0.282 e. The number of likely N-dealkylation sites (N-methyl/N-ethyl adjacent to an activating group) is 1. The molecule has 174 valence electrons. The molecule has 0 spiro atoms. The molecule has 1 aliphatic heterocycles. The third kappa shape index (κ3) is 4.15. The molecular weight excluding hydrogens is 426 g/mol. The Morgan fingerprint density at radius 3 is 1.94 bits per heavy atom. The Hall–Kier alpha value is -4.06. The average molecular weight is 456 g/mol. The first-order chi connectivity index (χ1) is 16.5. The van der Waals surface area contributed by atoms with Crippen molar-refractivity contribution in [3.05, 3.63) is 90.1 Å². The van der Waals surface area contributed by atoms with Gasteiger partial charge in [-0.25, -0.2) is 4.90 Å². The van der Waals surface area contributed by atoms with Crippen molar-refractivity contribution in [1.82, 2.24) is 0 Å². The van der Waals surface area contributed by atoms with E-state index in [1.165, 1.54) is 4.90 Å². The van der Waals surface area contributed by atoms with Crippen LogP contribution in [0.5, 0.6) is 5.75 Å². The molecule has 6 heteroatoms. The predicted molar refractivity (Wildman–Crippen MR) is 137 cm³/mol. The van der Waals surface area contributed by atoms with Gasteiger partial charge in [-0.15, -0.1) is 0 Å². The highest BCUT2D eigenvalue weighted by Crippen LogP contribution is 2.37. The Kier molecular flexibility index (Phi) is 6.68. The zero-order valence-corrected chi connectivity index (χ0v) is 20.0. The van der Waals surface area contributed by atoms with E-state index in [4.69, 9.17) is 4.74 Å². The number of hydrogen-bond donors (Lipinski definition) is 0. The number of nitrogens with zero attached hydrogens (tertiary/aromatic N) is 3. The maximum atomic E-state index is 13.7. The van der Waals surface area contributed by atoms with Gasteiger partial charge in [0.1, 0.15) is 11.4 Å². The van der Waals surface area contributed by atoms with Crippen molar-refractivity contribution in [2.24, 2.45) is 0 Å². The minimum Gasteiger partial charge on any atom is -0.497 e. The Morgan fingerprint density at radius 2 is 1.38 bits per heavy atom. The van der Waals surface area contributed by atoms with Crippen molar-refractivity contribution in [2.75, 3.05) is 41.9 Å². The lowest BCUT2D eigenvalue weighted by Crippen LogP contribution is -2.34. The first kappa shape index (κ1) is 23.1. The summed E-state index contributed by atoms with van der Waals surface area (Å²) < 4.78 is 5.27. The van der Waals surface area contributed by atoms with Crippen LogP contribution in [-0.4, -0.2) is 39.1 Å². The van der Waals surface area contributed by atoms with E-state index in [9.17, 15) is 9.59 Å². The molecule has 0 radical (unpaired) electrons. The summed E-state index contributed by atoms with van der Waals surface area (Å²) >= 11 is 0. The molecule has 4 rings (SSSR count). The molecule has 0 saturated carbocycles. The lowest BCUT2D eigenvalue weighted by molar-refractivity contribution is -0.120. The predicted octanol–water partition coefficient (Wildman–Crippen LogP) is 4.96. The third-order valence-electron chi connectivity index (χ3n) is 6.15. The van der Waals surface area contributed by atoms with Crippen LogP contribution in [0.15, 0.2) is 84.6 Å². The fourth-order valence-corrected chi connectivity index (χ4v) is 4.26. The van der Waals surface area contributed by atoms with Crippen molar-refractivity contribution in [2.45, 2.75) is 13.8 Å². The van der Waals surface area contributed by atoms with Crippen molar-refractivity contribution in [1.29, 1.82) is 0 Å². The monoisotopic (exact) mass is 455 g/mol. The van der Waals surface area contributed by atoms with Crippen LogP contribution < -0.4 is 19.4 Å². The van der Waals surface area contributed by atoms with Crippen LogP contribution in [0.4, 0.5) is 17.1 Å². The molecule has 0 aromatic heterocycles. The number of carbonyl (C=O) groups excluding carboxylic acids is 2. The largest absolute Gasteiger partial charge is 0.497 e. The van der Waals surface area contributed by atoms with Crippen LogP contribution in [0.2, 0.25) is 0 Å². The molecule has 2 amide bonds. The molecule has 1 heterocycles. The highest BCUT2D eigenvalue weighted by molar-refractivity contribution is 6.46. The molecule has 1 aliphatic rings. The molecular formula is C28H29N3O3. The normalized spacial score (nSPS) is 13.5. The summed E-state index contributed by atoms with van der Waals surface area (Å²) in [4.78, 5) is 32.7. The van der Waals surface area contributed by atoms with Gasteiger partial charge >= 0.3 is 0 Å². The van der Waals surface area contributed by atoms with E-state index in [1.807, 2.05) is 73.8 Å². The molecule has 6 nitrogen and oxygen atoms in total. The number of hydrogen-bond acceptors (Lipinski definition) is 5. The molecule has 0 aliphatic carbocycles. The molecule has 0 N–H and O–H groups in total. The van der Waals surface area contributed by atoms with Crippen molar-refractivity contribution in [3.63, 3.8) is 0 Å². The van der Waals surface area contributed by atoms with Gasteiger partial charge in [0.15, 0.2) is 0 Å². The number of rotatable bonds is 8. The first-order valence-corrected chi connectivity index (χ1v) is 11.4. The lowest BCUT2D eigenvalue weighted by Gasteiger charge is -2.23. The minimum atomic E-state index is -0.349. The molecule has 0 unspecified atom stereocenters. The minimum absolute atomic E-state index is 0.342. The van der Waals surface area contributed by atoms with E-state index < -0.39 is 0 Å². The number of imide groups is 1. The van der Waals surface area contributed by atoms with Crippen molar-refractivity contribution < 1.29 is 14.3 Å². The summed E-state index contributed by atoms with van der Waals surface area (Å²) in [6, 6.07) is 24.3. The maximum Gasteiger partial charge on any atom is 0.282 e. The highest BCUT2D eigenvalue weighted by Gasteiger charge is 2.42. The topological polar surface area (TPSA) is 53.1 Å². The van der Waals surface area contributed by atoms with Crippen molar-refractivity contribution in [3.8, 4) is 5.75 Å². The van der Waals surface area contributed by atoms with E-state index >= 15 is 0 Å². The van der Waals surface area contributed by atoms with Gasteiger partial charge in [0, 0.05) is 31.5 Å². The quantitative estimate of drug-likeness (QED) is 0.449. The molecule has 0 atom stereocenters. The van der Waals surface area contributed by atoms with Gasteiger partial charge < -0.3 is 14.5 Å². The molecule has 34 heavy (non-hydrogen) atoms. The van der Waals surface area contributed by atoms with Crippen LogP contribution in [0.1, 0.15) is 19.4 Å². The summed E-state index contributed by atoms with van der Waals surface area (Å²) in [5, 5.41) is 0. The fraction of sp³-hybridized carbons (Fsp3) is 0.214. The summed E-state index contributed by atoms with van der Waals surface area (Å²) in [5.41, 5.74) is 3.80. The number of benzene rings is 3. The molecule has 0 saturated heterocycles. The second-order valence-electron chi connectivity index (χ2n) is 7.98. The second-order valence-corrected chi connectivity index (χ2v) is 7.98. The van der Waals surface area contributed by atoms with Gasteiger partial charge in [0.25, 0.3) is 11.8 Å². The zero-order valence-electron chi connectivity index (χ0n) is 20.0. The number of ether oxygens (including phenoxy) is 1. The van der Waals surface area contributed by atoms with Crippen LogP contribution in [0, 0.1) is 0 Å². The third-order valence-corrected chi connectivity index (χ3v) is 6.15. The molecule has 3 aromatic carbocycles. The van der Waals surface area contributed by atoms with E-state index in [1.54, 1.807) is 24.1 Å². The summed E-state index contributed by atoms with van der Waals surface area (Å²) in [5.74, 6) is -0.00997. The maximum absolute atomic E-state index is 13.7. The number of amides is 2. The van der Waals surface area contributed by atoms with Crippen molar-refractivity contribution >= 4 is 34.4 Å².